The SMILES string of the molecule is CCN(C(=O)C(CC1CCCCC1)NC(=O)c1ccc(NS(C)(=O)=O)cc1)N1CCc2cc(F)ccc21. The Kier molecular flexibility index (Phi) is 8.36. The van der Waals surface area contributed by atoms with E-state index in [4.69, 9.17) is 0 Å². The number of nitrogens with one attached hydrogen (secondary N) is 2. The van der Waals surface area contributed by atoms with Gasteiger partial charge in [0.1, 0.15) is 11.9 Å². The number of anilines is 2. The predicted octanol–water partition coefficient (Wildman–Crippen LogP) is 4.09. The first-order valence-electron chi connectivity index (χ1n) is 12.9. The van der Waals surface area contributed by atoms with Crippen molar-refractivity contribution in [2.24, 2.45) is 5.92 Å². The van der Waals surface area contributed by atoms with Gasteiger partial charge in [-0.3, -0.25) is 24.3 Å². The molecular weight excluding hydrogens is 495 g/mol. The molecule has 4 rings (SSSR count). The first-order valence-corrected chi connectivity index (χ1v) is 14.8. The van der Waals surface area contributed by atoms with Crippen LogP contribution in [0.3, 0.4) is 0 Å². The minimum atomic E-state index is -3.43. The summed E-state index contributed by atoms with van der Waals surface area (Å²) >= 11 is 0. The number of likely N-dealkylation sites (N-methyl/N-ethyl adjacent to an activating group) is 1. The zero-order valence-electron chi connectivity index (χ0n) is 21.4. The van der Waals surface area contributed by atoms with Gasteiger partial charge >= 0.3 is 0 Å². The number of halogens is 1. The monoisotopic (exact) mass is 530 g/mol. The lowest BCUT2D eigenvalue weighted by molar-refractivity contribution is -0.134. The van der Waals surface area contributed by atoms with Crippen LogP contribution < -0.4 is 15.0 Å². The van der Waals surface area contributed by atoms with Crippen molar-refractivity contribution in [3.05, 3.63) is 59.4 Å². The van der Waals surface area contributed by atoms with Gasteiger partial charge in [-0.15, -0.1) is 0 Å². The summed E-state index contributed by atoms with van der Waals surface area (Å²) in [5, 5.41) is 6.52. The average Bonchev–Trinajstić information content (AvgIpc) is 3.26. The number of hydrogen-bond donors (Lipinski definition) is 2. The van der Waals surface area contributed by atoms with Crippen molar-refractivity contribution in [1.29, 1.82) is 0 Å². The Morgan fingerprint density at radius 2 is 1.81 bits per heavy atom. The third kappa shape index (κ3) is 6.80. The van der Waals surface area contributed by atoms with Gasteiger partial charge in [0.05, 0.1) is 11.9 Å². The number of hydrogen-bond acceptors (Lipinski definition) is 5. The smallest absolute Gasteiger partial charge is 0.263 e. The van der Waals surface area contributed by atoms with Crippen molar-refractivity contribution < 1.29 is 22.4 Å². The van der Waals surface area contributed by atoms with Gasteiger partial charge < -0.3 is 5.32 Å². The third-order valence-electron chi connectivity index (χ3n) is 7.11. The highest BCUT2D eigenvalue weighted by Gasteiger charge is 2.34. The number of fused-ring (bicyclic) bond motifs is 1. The number of nitrogens with zero attached hydrogens (tertiary/aromatic N) is 2. The summed E-state index contributed by atoms with van der Waals surface area (Å²) in [6.07, 6.45) is 7.76. The lowest BCUT2D eigenvalue weighted by Crippen LogP contribution is -2.55. The van der Waals surface area contributed by atoms with E-state index in [0.29, 0.717) is 43.1 Å². The molecule has 10 heteroatoms. The van der Waals surface area contributed by atoms with Gasteiger partial charge in [-0.05, 0) is 73.7 Å². The summed E-state index contributed by atoms with van der Waals surface area (Å²) in [5.41, 5.74) is 2.37. The minimum absolute atomic E-state index is 0.186. The van der Waals surface area contributed by atoms with Gasteiger partial charge in [0, 0.05) is 24.3 Å². The zero-order chi connectivity index (χ0) is 26.6. The van der Waals surface area contributed by atoms with Crippen LogP contribution in [-0.4, -0.2) is 50.6 Å². The normalized spacial score (nSPS) is 16.7. The van der Waals surface area contributed by atoms with Crippen LogP contribution in [-0.2, 0) is 21.2 Å². The average molecular weight is 531 g/mol. The van der Waals surface area contributed by atoms with Gasteiger partial charge in [0.15, 0.2) is 0 Å². The molecule has 1 heterocycles. The Morgan fingerprint density at radius 3 is 2.46 bits per heavy atom. The van der Waals surface area contributed by atoms with Crippen molar-refractivity contribution in [1.82, 2.24) is 10.3 Å². The van der Waals surface area contributed by atoms with E-state index in [2.05, 4.69) is 10.0 Å². The van der Waals surface area contributed by atoms with Crippen LogP contribution in [0.15, 0.2) is 42.5 Å². The van der Waals surface area contributed by atoms with Crippen LogP contribution in [0, 0.1) is 11.7 Å². The molecule has 0 bridgehead atoms. The van der Waals surface area contributed by atoms with Crippen LogP contribution in [0.4, 0.5) is 15.8 Å². The zero-order valence-corrected chi connectivity index (χ0v) is 22.2. The van der Waals surface area contributed by atoms with Crippen LogP contribution in [0.2, 0.25) is 0 Å². The number of rotatable bonds is 9. The van der Waals surface area contributed by atoms with Crippen LogP contribution in [0.1, 0.15) is 61.4 Å². The Hall–Kier alpha value is -3.14. The van der Waals surface area contributed by atoms with E-state index in [1.54, 1.807) is 11.1 Å². The Balaban J connectivity index is 1.54. The summed E-state index contributed by atoms with van der Waals surface area (Å²) in [5.74, 6) is -0.521. The Bertz CT molecular complexity index is 1230. The van der Waals surface area contributed by atoms with Crippen LogP contribution in [0.25, 0.3) is 0 Å². The topological polar surface area (TPSA) is 98.8 Å². The van der Waals surface area contributed by atoms with Crippen LogP contribution in [0.5, 0.6) is 0 Å². The number of carbonyl (C=O) groups is 2. The molecule has 1 saturated carbocycles. The highest BCUT2D eigenvalue weighted by atomic mass is 32.2. The summed E-state index contributed by atoms with van der Waals surface area (Å²) in [6.45, 7) is 2.88. The van der Waals surface area contributed by atoms with E-state index in [1.807, 2.05) is 11.9 Å². The van der Waals surface area contributed by atoms with Crippen molar-refractivity contribution in [2.75, 3.05) is 29.1 Å². The second-order valence-electron chi connectivity index (χ2n) is 9.92. The second kappa shape index (κ2) is 11.5. The minimum Gasteiger partial charge on any atom is -0.340 e. The first kappa shape index (κ1) is 26.9. The van der Waals surface area contributed by atoms with Crippen molar-refractivity contribution in [3.63, 3.8) is 0 Å². The molecule has 2 aromatic rings. The maximum atomic E-state index is 13.9. The van der Waals surface area contributed by atoms with E-state index in [0.717, 1.165) is 43.2 Å². The number of benzene rings is 2. The first-order chi connectivity index (χ1) is 17.6. The predicted molar refractivity (Wildman–Crippen MR) is 142 cm³/mol. The number of hydrazine groups is 1. The van der Waals surface area contributed by atoms with Gasteiger partial charge in [0.25, 0.3) is 11.8 Å². The number of sulfonamides is 1. The fourth-order valence-electron chi connectivity index (χ4n) is 5.35. The molecule has 1 fully saturated rings. The molecule has 0 radical (unpaired) electrons. The van der Waals surface area contributed by atoms with Crippen molar-refractivity contribution in [3.8, 4) is 0 Å². The molecule has 0 saturated heterocycles. The van der Waals surface area contributed by atoms with E-state index >= 15 is 0 Å². The molecule has 0 aromatic heterocycles. The lowest BCUT2D eigenvalue weighted by Gasteiger charge is -2.37. The van der Waals surface area contributed by atoms with Crippen molar-refractivity contribution >= 4 is 33.2 Å². The molecule has 37 heavy (non-hydrogen) atoms. The molecule has 2 amide bonds. The maximum Gasteiger partial charge on any atom is 0.263 e. The molecule has 2 N–H and O–H groups in total. The number of carbonyl (C=O) groups excluding carboxylic acids is 2. The van der Waals surface area contributed by atoms with E-state index in [-0.39, 0.29) is 17.6 Å². The third-order valence-corrected chi connectivity index (χ3v) is 7.71. The summed E-state index contributed by atoms with van der Waals surface area (Å²) in [6, 6.07) is 10.0. The van der Waals surface area contributed by atoms with E-state index < -0.39 is 16.1 Å². The van der Waals surface area contributed by atoms with Crippen molar-refractivity contribution in [2.45, 2.75) is 57.9 Å². The lowest BCUT2D eigenvalue weighted by atomic mass is 9.84. The van der Waals surface area contributed by atoms with Gasteiger partial charge in [-0.1, -0.05) is 32.1 Å². The molecule has 1 atom stereocenters. The quantitative estimate of drug-likeness (QED) is 0.509. The summed E-state index contributed by atoms with van der Waals surface area (Å²) in [7, 11) is -3.43. The summed E-state index contributed by atoms with van der Waals surface area (Å²) in [4.78, 5) is 27.1. The molecular formula is C27H35FN4O4S. The fourth-order valence-corrected chi connectivity index (χ4v) is 5.92. The molecule has 1 aliphatic heterocycles. The molecule has 1 unspecified atom stereocenters. The Morgan fingerprint density at radius 1 is 1.11 bits per heavy atom. The largest absolute Gasteiger partial charge is 0.340 e. The molecule has 2 aliphatic rings. The van der Waals surface area contributed by atoms with E-state index in [1.165, 1.54) is 42.8 Å². The fraction of sp³-hybridized carbons (Fsp3) is 0.481. The summed E-state index contributed by atoms with van der Waals surface area (Å²) < 4.78 is 39.1. The molecule has 0 spiro atoms. The number of amides is 2. The van der Waals surface area contributed by atoms with Gasteiger partial charge in [-0.2, -0.15) is 0 Å². The molecule has 1 aliphatic carbocycles. The van der Waals surface area contributed by atoms with E-state index in [9.17, 15) is 22.4 Å². The van der Waals surface area contributed by atoms with Gasteiger partial charge in [0.2, 0.25) is 10.0 Å². The maximum absolute atomic E-state index is 13.9. The van der Waals surface area contributed by atoms with Gasteiger partial charge in [-0.25, -0.2) is 12.8 Å². The molecule has 200 valence electrons. The van der Waals surface area contributed by atoms with Crippen LogP contribution >= 0.6 is 0 Å². The molecule has 8 nitrogen and oxygen atoms in total. The standard InChI is InChI=1S/C27H35FN4O4S/c1-3-31(32-16-15-21-18-22(28)11-14-25(21)32)27(34)24(17-19-7-5-4-6-8-19)29-26(33)20-9-12-23(13-10-20)30-37(2,35)36/h9-14,18-19,24,30H,3-8,15-17H2,1-2H3,(H,29,33). The second-order valence-corrected chi connectivity index (χ2v) is 11.7. The molecule has 2 aromatic carbocycles. The Labute approximate surface area is 218 Å². The highest BCUT2D eigenvalue weighted by molar-refractivity contribution is 7.92. The highest BCUT2D eigenvalue weighted by Crippen LogP contribution is 2.32.